The first-order valence-electron chi connectivity index (χ1n) is 27.0. The third-order valence-electron chi connectivity index (χ3n) is 11.1. The number of Topliss-reactive ketones (excluding diaryl/α,β-unsaturated/α-hetero) is 4. The fraction of sp³-hybridized carbons (Fsp3) is 0.909. The number of carbonyl (C=O) groups is 6. The van der Waals surface area contributed by atoms with Crippen LogP contribution in [-0.4, -0.2) is 102 Å². The summed E-state index contributed by atoms with van der Waals surface area (Å²) >= 11 is 0. The molecule has 0 radical (unpaired) electrons. The summed E-state index contributed by atoms with van der Waals surface area (Å²) < 4.78 is 0. The van der Waals surface area contributed by atoms with Gasteiger partial charge in [-0.15, -0.1) is 0 Å². The lowest BCUT2D eigenvalue weighted by Gasteiger charge is -2.05. The average molecular weight is 1130 g/mol. The molecule has 0 aliphatic carbocycles. The zero-order chi connectivity index (χ0) is 50.0. The van der Waals surface area contributed by atoms with Gasteiger partial charge >= 0.3 is 0 Å². The van der Waals surface area contributed by atoms with E-state index in [9.17, 15) is 28.8 Å². The van der Waals surface area contributed by atoms with Crippen molar-refractivity contribution in [1.82, 2.24) is 31.9 Å². The summed E-state index contributed by atoms with van der Waals surface area (Å²) in [6, 6.07) is 0. The van der Waals surface area contributed by atoms with Gasteiger partial charge in [0.15, 0.2) is 0 Å². The molecule has 0 saturated carbocycles. The first-order valence-corrected chi connectivity index (χ1v) is 27.0. The normalized spacial score (nSPS) is 8.82. The molecule has 0 heterocycles. The van der Waals surface area contributed by atoms with Crippen LogP contribution in [0.25, 0.3) is 0 Å². The van der Waals surface area contributed by atoms with Gasteiger partial charge in [0.2, 0.25) is 11.8 Å². The lowest BCUT2D eigenvalue weighted by atomic mass is 10.1. The average Bonchev–Trinajstić information content (AvgIpc) is 3.27. The lowest BCUT2D eigenvalue weighted by Crippen LogP contribution is -2.24. The van der Waals surface area contributed by atoms with E-state index in [2.05, 4.69) is 31.9 Å². The quantitative estimate of drug-likeness (QED) is 0.0322. The van der Waals surface area contributed by atoms with Crippen LogP contribution in [0.5, 0.6) is 0 Å². The van der Waals surface area contributed by atoms with Gasteiger partial charge in [0.1, 0.15) is 23.1 Å². The van der Waals surface area contributed by atoms with E-state index in [0.29, 0.717) is 36.6 Å². The summed E-state index contributed by atoms with van der Waals surface area (Å²) in [7, 11) is 7.91. The Labute approximate surface area is 496 Å². The molecule has 6 N–H and O–H groups in total. The highest BCUT2D eigenvalue weighted by molar-refractivity contribution is 5.77. The Bertz CT molecular complexity index is 1080. The molecule has 12 nitrogen and oxygen atoms in total. The van der Waals surface area contributed by atoms with Gasteiger partial charge in [0, 0.05) is 51.6 Å². The predicted octanol–water partition coefficient (Wildman–Crippen LogP) is 18.3. The van der Waals surface area contributed by atoms with E-state index in [0.717, 1.165) is 123 Å². The minimum atomic E-state index is 0. The Balaban J connectivity index is -0.0000000457. The highest BCUT2D eigenvalue weighted by Gasteiger charge is 2.03. The summed E-state index contributed by atoms with van der Waals surface area (Å²) in [5, 5.41) is 18.4. The third kappa shape index (κ3) is 135. The smallest absolute Gasteiger partial charge is 0.219 e. The minimum Gasteiger partial charge on any atom is -0.356 e. The summed E-state index contributed by atoms with van der Waals surface area (Å²) in [5.74, 6) is 1.46. The van der Waals surface area contributed by atoms with Crippen LogP contribution in [0.4, 0.5) is 0 Å². The fourth-order valence-corrected chi connectivity index (χ4v) is 6.98. The van der Waals surface area contributed by atoms with Crippen molar-refractivity contribution in [3.8, 4) is 0 Å². The van der Waals surface area contributed by atoms with Gasteiger partial charge in [0.05, 0.1) is 0 Å². The largest absolute Gasteiger partial charge is 0.356 e. The monoisotopic (exact) mass is 1130 g/mol. The molecule has 488 valence electrons. The molecule has 0 aromatic carbocycles. The molecule has 0 atom stereocenters. The van der Waals surface area contributed by atoms with E-state index in [4.69, 9.17) is 0 Å². The number of hydrogen-bond donors (Lipinski definition) is 6. The zero-order valence-corrected chi connectivity index (χ0v) is 44.7. The summed E-state index contributed by atoms with van der Waals surface area (Å²) in [6.07, 6.45) is 36.9. The Morgan fingerprint density at radius 2 is 0.346 bits per heavy atom. The van der Waals surface area contributed by atoms with Gasteiger partial charge in [-0.3, -0.25) is 9.59 Å². The Hall–Kier alpha value is -2.54. The van der Waals surface area contributed by atoms with Crippen molar-refractivity contribution in [2.45, 2.75) is 335 Å². The van der Waals surface area contributed by atoms with Crippen molar-refractivity contribution in [3.05, 3.63) is 0 Å². The van der Waals surface area contributed by atoms with Crippen molar-refractivity contribution >= 4 is 34.9 Å². The number of amides is 2. The van der Waals surface area contributed by atoms with Crippen LogP contribution in [0.3, 0.4) is 0 Å². The van der Waals surface area contributed by atoms with E-state index in [1.165, 1.54) is 116 Å². The molecule has 0 aromatic heterocycles. The third-order valence-corrected chi connectivity index (χ3v) is 11.1. The van der Waals surface area contributed by atoms with Gasteiger partial charge in [-0.25, -0.2) is 0 Å². The highest BCUT2D eigenvalue weighted by Crippen LogP contribution is 2.11. The first kappa shape index (κ1) is 118. The molecule has 2 amide bonds. The van der Waals surface area contributed by atoms with Gasteiger partial charge in [0.25, 0.3) is 0 Å². The van der Waals surface area contributed by atoms with Crippen LogP contribution < -0.4 is 31.9 Å². The maximum absolute atomic E-state index is 11.6. The molecule has 0 saturated heterocycles. The summed E-state index contributed by atoms with van der Waals surface area (Å²) in [4.78, 5) is 65.7. The Morgan fingerprint density at radius 1 is 0.205 bits per heavy atom. The molecular formula is C66H158N6O6. The van der Waals surface area contributed by atoms with E-state index in [-0.39, 0.29) is 107 Å². The molecule has 0 rings (SSSR count). The maximum Gasteiger partial charge on any atom is 0.219 e. The van der Waals surface area contributed by atoms with Crippen LogP contribution >= 0.6 is 0 Å². The number of ketones is 4. The van der Waals surface area contributed by atoms with Crippen LogP contribution in [0.1, 0.15) is 335 Å². The van der Waals surface area contributed by atoms with Crippen LogP contribution in [0.2, 0.25) is 0 Å². The Morgan fingerprint density at radius 3 is 0.551 bits per heavy atom. The second-order valence-electron chi connectivity index (χ2n) is 18.3. The molecule has 0 aromatic rings. The SMILES string of the molecule is C.C.C.C.C.C.C.C.C.C.C.C.CNCCCCCC(C)=O.CNCCCCCCCCCCCC(C)=O.CNCCCCCCNC(=O)CCCCC(C)=O.CNCCCCCCNC(=O)CCCCCCCCC(C)=O. The van der Waals surface area contributed by atoms with Gasteiger partial charge in [-0.2, -0.15) is 0 Å². The second kappa shape index (κ2) is 106. The maximum atomic E-state index is 11.6. The number of nitrogens with one attached hydrogen (secondary N) is 6. The molecule has 0 aliphatic rings. The molecule has 12 heteroatoms. The van der Waals surface area contributed by atoms with Gasteiger partial charge < -0.3 is 51.1 Å². The van der Waals surface area contributed by atoms with E-state index < -0.39 is 0 Å². The van der Waals surface area contributed by atoms with Crippen molar-refractivity contribution in [2.24, 2.45) is 0 Å². The number of rotatable bonds is 46. The van der Waals surface area contributed by atoms with Crippen LogP contribution in [-0.2, 0) is 28.8 Å². The summed E-state index contributed by atoms with van der Waals surface area (Å²) in [5.41, 5.74) is 0. The Kier molecular flexibility index (Phi) is 161. The van der Waals surface area contributed by atoms with Crippen LogP contribution in [0, 0.1) is 0 Å². The number of carbonyl (C=O) groups excluding carboxylic acids is 6. The van der Waals surface area contributed by atoms with Gasteiger partial charge in [-0.05, 0) is 159 Å². The number of hydrogen-bond acceptors (Lipinski definition) is 10. The predicted molar refractivity (Wildman–Crippen MR) is 362 cm³/mol. The molecule has 0 fully saturated rings. The fourth-order valence-electron chi connectivity index (χ4n) is 6.98. The van der Waals surface area contributed by atoms with Crippen molar-refractivity contribution in [2.75, 3.05) is 67.5 Å². The van der Waals surface area contributed by atoms with Crippen molar-refractivity contribution in [1.29, 1.82) is 0 Å². The van der Waals surface area contributed by atoms with Crippen molar-refractivity contribution < 1.29 is 28.8 Å². The van der Waals surface area contributed by atoms with Gasteiger partial charge in [-0.1, -0.05) is 192 Å². The molecule has 0 spiro atoms. The highest BCUT2D eigenvalue weighted by atomic mass is 16.2. The van der Waals surface area contributed by atoms with E-state index >= 15 is 0 Å². The topological polar surface area (TPSA) is 175 Å². The summed E-state index contributed by atoms with van der Waals surface area (Å²) in [6.45, 7) is 12.6. The minimum absolute atomic E-state index is 0. The van der Waals surface area contributed by atoms with Crippen LogP contribution in [0.15, 0.2) is 0 Å². The first-order chi connectivity index (χ1) is 31.9. The second-order valence-corrected chi connectivity index (χ2v) is 18.3. The standard InChI is InChI=1S/C18H36N2O2.C14H28N2O2.C14H29NO.C8H17NO.12CH4/c1-17(21)13-9-5-3-4-6-10-14-18(22)20-16-12-8-7-11-15-19-2;1-13(17)9-5-6-10-14(18)16-12-8-4-3-7-11-15-2;1-14(16)12-10-8-6-4-3-5-7-9-11-13-15-2;1-8(10)6-4-3-5-7-9-2;;;;;;;;;;;;/h19H,3-16H2,1-2H3,(H,20,22);15H,3-12H2,1-2H3,(H,16,18);15H,3-13H2,1-2H3;9H,3-7H2,1-2H3;12*1H4. The number of unbranched alkanes of at least 4 members (excludes halogenated alkanes) is 22. The van der Waals surface area contributed by atoms with E-state index in [1.807, 2.05) is 28.2 Å². The van der Waals surface area contributed by atoms with E-state index in [1.54, 1.807) is 27.7 Å². The zero-order valence-electron chi connectivity index (χ0n) is 44.7. The molecule has 78 heavy (non-hydrogen) atoms. The molecule has 0 aliphatic heterocycles. The lowest BCUT2D eigenvalue weighted by molar-refractivity contribution is -0.122. The molecular weight excluding hydrogens is 973 g/mol. The molecule has 0 bridgehead atoms. The molecule has 0 unspecified atom stereocenters. The van der Waals surface area contributed by atoms with Crippen molar-refractivity contribution in [3.63, 3.8) is 0 Å².